The maximum absolute atomic E-state index is 11.6. The van der Waals surface area contributed by atoms with E-state index in [0.717, 1.165) is 6.42 Å². The Kier molecular flexibility index (Phi) is 3.84. The maximum Gasteiger partial charge on any atom is 0.229 e. The summed E-state index contributed by atoms with van der Waals surface area (Å²) in [5.74, 6) is 0.329. The SMILES string of the molecule is CC1(C)C2CCC1(C)C(OCC(O)CN1C(=O)CCC1=O)C2. The second-order valence-electron chi connectivity index (χ2n) is 7.98. The van der Waals surface area contributed by atoms with E-state index in [0.29, 0.717) is 5.92 Å². The zero-order valence-electron chi connectivity index (χ0n) is 13.8. The first-order chi connectivity index (χ1) is 10.3. The fraction of sp³-hybridized carbons (Fsp3) is 0.882. The summed E-state index contributed by atoms with van der Waals surface area (Å²) in [6.45, 7) is 7.21. The molecule has 1 N–H and O–H groups in total. The van der Waals surface area contributed by atoms with Crippen molar-refractivity contribution in [1.82, 2.24) is 4.90 Å². The summed E-state index contributed by atoms with van der Waals surface area (Å²) in [7, 11) is 0. The Balaban J connectivity index is 1.53. The molecule has 2 amide bonds. The first kappa shape index (κ1) is 15.9. The van der Waals surface area contributed by atoms with Crippen LogP contribution in [-0.4, -0.2) is 47.2 Å². The Hall–Kier alpha value is -0.940. The largest absolute Gasteiger partial charge is 0.389 e. The van der Waals surface area contributed by atoms with E-state index in [1.54, 1.807) is 0 Å². The summed E-state index contributed by atoms with van der Waals surface area (Å²) in [5.41, 5.74) is 0.445. The molecule has 0 radical (unpaired) electrons. The van der Waals surface area contributed by atoms with Gasteiger partial charge in [-0.25, -0.2) is 0 Å². The molecular weight excluding hydrogens is 282 g/mol. The zero-order chi connectivity index (χ0) is 16.1. The van der Waals surface area contributed by atoms with Crippen LogP contribution in [0, 0.1) is 16.7 Å². The average Bonchev–Trinajstić information content (AvgIpc) is 2.95. The van der Waals surface area contributed by atoms with E-state index in [-0.39, 0.29) is 54.7 Å². The molecule has 1 saturated heterocycles. The molecule has 0 spiro atoms. The number of imide groups is 1. The summed E-state index contributed by atoms with van der Waals surface area (Å²) in [5, 5.41) is 10.1. The van der Waals surface area contributed by atoms with Crippen LogP contribution in [0.3, 0.4) is 0 Å². The lowest BCUT2D eigenvalue weighted by molar-refractivity contribution is -0.141. The molecule has 3 rings (SSSR count). The average molecular weight is 309 g/mol. The highest BCUT2D eigenvalue weighted by atomic mass is 16.5. The van der Waals surface area contributed by atoms with Crippen molar-refractivity contribution in [2.24, 2.45) is 16.7 Å². The van der Waals surface area contributed by atoms with E-state index in [2.05, 4.69) is 20.8 Å². The van der Waals surface area contributed by atoms with Gasteiger partial charge < -0.3 is 9.84 Å². The van der Waals surface area contributed by atoms with Gasteiger partial charge in [0.15, 0.2) is 0 Å². The number of likely N-dealkylation sites (tertiary alicyclic amines) is 1. The van der Waals surface area contributed by atoms with E-state index in [1.807, 2.05) is 0 Å². The maximum atomic E-state index is 11.6. The quantitative estimate of drug-likeness (QED) is 0.785. The molecule has 0 aromatic rings. The van der Waals surface area contributed by atoms with Gasteiger partial charge in [-0.2, -0.15) is 0 Å². The molecule has 3 fully saturated rings. The van der Waals surface area contributed by atoms with Crippen LogP contribution in [0.2, 0.25) is 0 Å². The number of ether oxygens (including phenoxy) is 1. The van der Waals surface area contributed by atoms with Gasteiger partial charge in [0.05, 0.1) is 25.4 Å². The molecule has 1 aliphatic heterocycles. The normalized spacial score (nSPS) is 38.1. The van der Waals surface area contributed by atoms with Crippen LogP contribution in [-0.2, 0) is 14.3 Å². The molecule has 1 heterocycles. The minimum atomic E-state index is -0.795. The van der Waals surface area contributed by atoms with Gasteiger partial charge in [-0.15, -0.1) is 0 Å². The first-order valence-electron chi connectivity index (χ1n) is 8.38. The lowest BCUT2D eigenvalue weighted by atomic mass is 9.70. The van der Waals surface area contributed by atoms with Gasteiger partial charge in [0, 0.05) is 12.8 Å². The highest BCUT2D eigenvalue weighted by Crippen LogP contribution is 2.66. The molecule has 0 aromatic carbocycles. The van der Waals surface area contributed by atoms with Crippen molar-refractivity contribution in [2.45, 2.75) is 65.1 Å². The van der Waals surface area contributed by atoms with Crippen molar-refractivity contribution in [3.05, 3.63) is 0 Å². The minimum absolute atomic E-state index is 0.0634. The van der Waals surface area contributed by atoms with Crippen LogP contribution in [0.15, 0.2) is 0 Å². The van der Waals surface area contributed by atoms with Crippen molar-refractivity contribution in [1.29, 1.82) is 0 Å². The third-order valence-electron chi connectivity index (χ3n) is 6.75. The Morgan fingerprint density at radius 2 is 1.91 bits per heavy atom. The zero-order valence-corrected chi connectivity index (χ0v) is 13.8. The van der Waals surface area contributed by atoms with E-state index in [9.17, 15) is 14.7 Å². The summed E-state index contributed by atoms with van der Waals surface area (Å²) < 4.78 is 6.02. The molecule has 22 heavy (non-hydrogen) atoms. The summed E-state index contributed by atoms with van der Waals surface area (Å²) in [4.78, 5) is 24.3. The lowest BCUT2D eigenvalue weighted by Gasteiger charge is -2.39. The van der Waals surface area contributed by atoms with Crippen LogP contribution in [0.25, 0.3) is 0 Å². The van der Waals surface area contributed by atoms with Gasteiger partial charge in [0.25, 0.3) is 0 Å². The van der Waals surface area contributed by atoms with Crippen molar-refractivity contribution < 1.29 is 19.4 Å². The molecule has 2 bridgehead atoms. The molecular formula is C17H27NO4. The number of aliphatic hydroxyl groups excluding tert-OH is 1. The number of nitrogens with zero attached hydrogens (tertiary/aromatic N) is 1. The number of fused-ring (bicyclic) bond motifs is 2. The molecule has 0 aromatic heterocycles. The minimum Gasteiger partial charge on any atom is -0.389 e. The second kappa shape index (κ2) is 5.31. The number of hydrogen-bond donors (Lipinski definition) is 1. The van der Waals surface area contributed by atoms with Crippen molar-refractivity contribution in [2.75, 3.05) is 13.2 Å². The standard InChI is InChI=1S/C17H27NO4/c1-16(2)11-6-7-17(16,3)13(8-11)22-10-12(19)9-18-14(20)4-5-15(18)21/h11-13,19H,4-10H2,1-3H3. The number of rotatable bonds is 5. The Bertz CT molecular complexity index is 473. The van der Waals surface area contributed by atoms with Gasteiger partial charge in [0.1, 0.15) is 0 Å². The fourth-order valence-electron chi connectivity index (χ4n) is 4.70. The van der Waals surface area contributed by atoms with Gasteiger partial charge in [-0.3, -0.25) is 14.5 Å². The Morgan fingerprint density at radius 3 is 2.41 bits per heavy atom. The molecule has 4 atom stereocenters. The predicted octanol–water partition coefficient (Wildman–Crippen LogP) is 1.73. The predicted molar refractivity (Wildman–Crippen MR) is 80.9 cm³/mol. The first-order valence-corrected chi connectivity index (χ1v) is 8.38. The van der Waals surface area contributed by atoms with E-state index >= 15 is 0 Å². The monoisotopic (exact) mass is 309 g/mol. The number of amides is 2. The third kappa shape index (κ3) is 2.29. The number of hydrogen-bond acceptors (Lipinski definition) is 4. The molecule has 2 saturated carbocycles. The molecule has 2 aliphatic carbocycles. The lowest BCUT2D eigenvalue weighted by Crippen LogP contribution is -2.41. The molecule has 5 nitrogen and oxygen atoms in total. The Morgan fingerprint density at radius 1 is 1.27 bits per heavy atom. The van der Waals surface area contributed by atoms with Gasteiger partial charge in [-0.1, -0.05) is 20.8 Å². The molecule has 124 valence electrons. The highest BCUT2D eigenvalue weighted by Gasteiger charge is 2.61. The Labute approximate surface area is 132 Å². The number of carbonyl (C=O) groups is 2. The van der Waals surface area contributed by atoms with Crippen LogP contribution in [0.1, 0.15) is 52.9 Å². The van der Waals surface area contributed by atoms with Crippen molar-refractivity contribution in [3.63, 3.8) is 0 Å². The number of carbonyl (C=O) groups excluding carboxylic acids is 2. The summed E-state index contributed by atoms with van der Waals surface area (Å²) in [6.07, 6.45) is 3.40. The smallest absolute Gasteiger partial charge is 0.229 e. The molecule has 3 aliphatic rings. The van der Waals surface area contributed by atoms with E-state index in [1.165, 1.54) is 17.7 Å². The van der Waals surface area contributed by atoms with Crippen LogP contribution in [0.4, 0.5) is 0 Å². The van der Waals surface area contributed by atoms with Gasteiger partial charge >= 0.3 is 0 Å². The van der Waals surface area contributed by atoms with Crippen LogP contribution < -0.4 is 0 Å². The third-order valence-corrected chi connectivity index (χ3v) is 6.75. The van der Waals surface area contributed by atoms with Crippen LogP contribution >= 0.6 is 0 Å². The van der Waals surface area contributed by atoms with Gasteiger partial charge in [-0.05, 0) is 36.0 Å². The second-order valence-corrected chi connectivity index (χ2v) is 7.98. The highest BCUT2D eigenvalue weighted by molar-refractivity contribution is 6.01. The van der Waals surface area contributed by atoms with Crippen molar-refractivity contribution >= 4 is 11.8 Å². The molecule has 5 heteroatoms. The topological polar surface area (TPSA) is 66.8 Å². The van der Waals surface area contributed by atoms with Crippen LogP contribution in [0.5, 0.6) is 0 Å². The van der Waals surface area contributed by atoms with Gasteiger partial charge in [0.2, 0.25) is 11.8 Å². The number of aliphatic hydroxyl groups is 1. The van der Waals surface area contributed by atoms with Crippen molar-refractivity contribution in [3.8, 4) is 0 Å². The molecule has 4 unspecified atom stereocenters. The fourth-order valence-corrected chi connectivity index (χ4v) is 4.70. The summed E-state index contributed by atoms with van der Waals surface area (Å²) >= 11 is 0. The van der Waals surface area contributed by atoms with E-state index in [4.69, 9.17) is 4.74 Å². The summed E-state index contributed by atoms with van der Waals surface area (Å²) in [6, 6.07) is 0. The van der Waals surface area contributed by atoms with E-state index < -0.39 is 6.10 Å². The number of β-amino-alcohol motifs (C(OH)–C–C–N with tert-alkyl or cyclic N) is 1.